The van der Waals surface area contributed by atoms with E-state index in [2.05, 4.69) is 22.8 Å². The molecule has 0 aromatic heterocycles. The summed E-state index contributed by atoms with van der Waals surface area (Å²) in [7, 11) is 1.35. The predicted molar refractivity (Wildman–Crippen MR) is 131 cm³/mol. The van der Waals surface area contributed by atoms with Crippen LogP contribution in [0.3, 0.4) is 0 Å². The first kappa shape index (κ1) is 25.6. The molecule has 0 saturated heterocycles. The zero-order valence-corrected chi connectivity index (χ0v) is 20.3. The van der Waals surface area contributed by atoms with Crippen LogP contribution in [0.25, 0.3) is 11.1 Å². The number of carbonyl (C=O) groups is 3. The van der Waals surface area contributed by atoms with Gasteiger partial charge < -0.3 is 25.2 Å². The predicted octanol–water partition coefficient (Wildman–Crippen LogP) is 3.25. The maximum absolute atomic E-state index is 12.9. The molecular weight excluding hydrogens is 456 g/mol. The van der Waals surface area contributed by atoms with Crippen molar-refractivity contribution in [3.8, 4) is 11.1 Å². The smallest absolute Gasteiger partial charge is 0.407 e. The van der Waals surface area contributed by atoms with E-state index in [1.807, 2.05) is 42.7 Å². The number of rotatable bonds is 11. The Kier molecular flexibility index (Phi) is 8.57. The van der Waals surface area contributed by atoms with E-state index in [9.17, 15) is 19.5 Å². The van der Waals surface area contributed by atoms with Gasteiger partial charge in [-0.05, 0) is 47.6 Å². The topological polar surface area (TPSA) is 114 Å². The molecule has 182 valence electrons. The van der Waals surface area contributed by atoms with Gasteiger partial charge in [0, 0.05) is 13.0 Å². The zero-order valence-electron chi connectivity index (χ0n) is 19.5. The Morgan fingerprint density at radius 2 is 1.68 bits per heavy atom. The summed E-state index contributed by atoms with van der Waals surface area (Å²) in [6.07, 6.45) is 1.47. The van der Waals surface area contributed by atoms with Crippen LogP contribution >= 0.6 is 11.8 Å². The summed E-state index contributed by atoms with van der Waals surface area (Å²) < 4.78 is 10.5. The number of carboxylic acids is 1. The molecule has 3 rings (SSSR count). The molecule has 1 aliphatic carbocycles. The minimum atomic E-state index is -1.62. The van der Waals surface area contributed by atoms with Crippen LogP contribution in [-0.2, 0) is 19.1 Å². The summed E-state index contributed by atoms with van der Waals surface area (Å²) in [5.41, 5.74) is 2.80. The van der Waals surface area contributed by atoms with Crippen LogP contribution in [0.1, 0.15) is 30.4 Å². The van der Waals surface area contributed by atoms with E-state index in [0.29, 0.717) is 12.2 Å². The van der Waals surface area contributed by atoms with Crippen LogP contribution in [-0.4, -0.2) is 67.0 Å². The van der Waals surface area contributed by atoms with E-state index in [4.69, 9.17) is 9.47 Å². The molecule has 0 spiro atoms. The summed E-state index contributed by atoms with van der Waals surface area (Å²) in [6.45, 7) is 1.26. The molecular formula is C25H30N2O6S. The van der Waals surface area contributed by atoms with Gasteiger partial charge >= 0.3 is 12.1 Å². The van der Waals surface area contributed by atoms with E-state index in [1.54, 1.807) is 0 Å². The molecule has 3 N–H and O–H groups in total. The average Bonchev–Trinajstić information content (AvgIpc) is 3.14. The molecule has 9 heteroatoms. The largest absolute Gasteiger partial charge is 0.479 e. The van der Waals surface area contributed by atoms with Gasteiger partial charge in [-0.25, -0.2) is 9.59 Å². The first-order valence-electron chi connectivity index (χ1n) is 11.0. The first-order chi connectivity index (χ1) is 16.3. The monoisotopic (exact) mass is 486 g/mol. The van der Waals surface area contributed by atoms with Crippen molar-refractivity contribution in [2.24, 2.45) is 0 Å². The molecule has 0 radical (unpaired) electrons. The van der Waals surface area contributed by atoms with Crippen molar-refractivity contribution in [1.29, 1.82) is 0 Å². The molecule has 2 amide bonds. The standard InChI is InChI=1S/C25H30N2O6S/c1-25(15-32-2,23(29)30)27-22(28)21(12-13-34-3)26-24(31)33-14-20-18-10-6-4-8-16(18)17-9-5-7-11-19(17)20/h4-11,20-21H,12-15H2,1-3H3,(H,26,31)(H,27,28)(H,29,30)/t21-,25?/m0/s1. The number of hydrogen-bond donors (Lipinski definition) is 3. The van der Waals surface area contributed by atoms with Gasteiger partial charge in [-0.15, -0.1) is 0 Å². The van der Waals surface area contributed by atoms with Crippen molar-refractivity contribution >= 4 is 29.7 Å². The van der Waals surface area contributed by atoms with Crippen LogP contribution in [0, 0.1) is 0 Å². The number of nitrogens with one attached hydrogen (secondary N) is 2. The minimum Gasteiger partial charge on any atom is -0.479 e. The fourth-order valence-electron chi connectivity index (χ4n) is 4.09. The van der Waals surface area contributed by atoms with E-state index in [0.717, 1.165) is 22.3 Å². The van der Waals surface area contributed by atoms with Crippen LogP contribution in [0.4, 0.5) is 4.79 Å². The molecule has 1 unspecified atom stereocenters. The van der Waals surface area contributed by atoms with Crippen LogP contribution in [0.2, 0.25) is 0 Å². The third-order valence-corrected chi connectivity index (χ3v) is 6.51. The lowest BCUT2D eigenvalue weighted by atomic mass is 9.98. The van der Waals surface area contributed by atoms with Crippen LogP contribution in [0.15, 0.2) is 48.5 Å². The molecule has 0 saturated carbocycles. The number of thioether (sulfide) groups is 1. The third-order valence-electron chi connectivity index (χ3n) is 5.87. The van der Waals surface area contributed by atoms with Crippen molar-refractivity contribution in [2.75, 3.05) is 32.3 Å². The molecule has 0 heterocycles. The summed E-state index contributed by atoms with van der Waals surface area (Å²) in [5.74, 6) is -1.35. The maximum atomic E-state index is 12.9. The average molecular weight is 487 g/mol. The highest BCUT2D eigenvalue weighted by Gasteiger charge is 2.37. The molecule has 2 aromatic rings. The van der Waals surface area contributed by atoms with Crippen molar-refractivity contribution in [1.82, 2.24) is 10.6 Å². The van der Waals surface area contributed by atoms with Gasteiger partial charge in [0.1, 0.15) is 12.6 Å². The van der Waals surface area contributed by atoms with Gasteiger partial charge in [0.15, 0.2) is 5.54 Å². The van der Waals surface area contributed by atoms with Crippen molar-refractivity contribution in [3.63, 3.8) is 0 Å². The summed E-state index contributed by atoms with van der Waals surface area (Å²) in [5, 5.41) is 14.6. The van der Waals surface area contributed by atoms with Crippen molar-refractivity contribution in [2.45, 2.75) is 30.8 Å². The van der Waals surface area contributed by atoms with Gasteiger partial charge in [-0.1, -0.05) is 48.5 Å². The second-order valence-electron chi connectivity index (χ2n) is 8.36. The SMILES string of the molecule is COCC(C)(NC(=O)[C@H](CCSC)NC(=O)OCC1c2ccccc2-c2ccccc21)C(=O)O. The number of amides is 2. The summed E-state index contributed by atoms with van der Waals surface area (Å²) >= 11 is 1.51. The van der Waals surface area contributed by atoms with E-state index in [-0.39, 0.29) is 19.1 Å². The molecule has 0 fully saturated rings. The van der Waals surface area contributed by atoms with Gasteiger partial charge in [-0.2, -0.15) is 11.8 Å². The quantitative estimate of drug-likeness (QED) is 0.447. The molecule has 2 atom stereocenters. The lowest BCUT2D eigenvalue weighted by molar-refractivity contribution is -0.149. The number of fused-ring (bicyclic) bond motifs is 3. The van der Waals surface area contributed by atoms with Crippen LogP contribution in [0.5, 0.6) is 0 Å². The number of ether oxygens (including phenoxy) is 2. The first-order valence-corrected chi connectivity index (χ1v) is 12.3. The zero-order chi connectivity index (χ0) is 24.7. The van der Waals surface area contributed by atoms with E-state index >= 15 is 0 Å². The molecule has 0 aliphatic heterocycles. The Balaban J connectivity index is 1.67. The van der Waals surface area contributed by atoms with Gasteiger partial charge in [0.25, 0.3) is 0 Å². The van der Waals surface area contributed by atoms with Crippen LogP contribution < -0.4 is 10.6 Å². The highest BCUT2D eigenvalue weighted by atomic mass is 32.2. The number of alkyl carbamates (subject to hydrolysis) is 1. The van der Waals surface area contributed by atoms with Gasteiger partial charge in [0.2, 0.25) is 5.91 Å². The van der Waals surface area contributed by atoms with E-state index < -0.39 is 29.6 Å². The Hall–Kier alpha value is -3.04. The van der Waals surface area contributed by atoms with Crippen molar-refractivity contribution in [3.05, 3.63) is 59.7 Å². The Morgan fingerprint density at radius 3 is 2.21 bits per heavy atom. The highest BCUT2D eigenvalue weighted by Crippen LogP contribution is 2.44. The molecule has 34 heavy (non-hydrogen) atoms. The fourth-order valence-corrected chi connectivity index (χ4v) is 4.56. The van der Waals surface area contributed by atoms with Crippen molar-refractivity contribution < 1.29 is 29.0 Å². The number of benzene rings is 2. The second kappa shape index (κ2) is 11.4. The number of carbonyl (C=O) groups excluding carboxylic acids is 2. The summed E-state index contributed by atoms with van der Waals surface area (Å²) in [4.78, 5) is 37.2. The fraction of sp³-hybridized carbons (Fsp3) is 0.400. The number of aliphatic carboxylic acids is 1. The van der Waals surface area contributed by atoms with Gasteiger partial charge in [0.05, 0.1) is 6.61 Å². The third kappa shape index (κ3) is 5.71. The second-order valence-corrected chi connectivity index (χ2v) is 9.35. The van der Waals surface area contributed by atoms with E-state index in [1.165, 1.54) is 25.8 Å². The number of methoxy groups -OCH3 is 1. The normalized spacial score (nSPS) is 14.9. The maximum Gasteiger partial charge on any atom is 0.407 e. The summed E-state index contributed by atoms with van der Waals surface area (Å²) in [6, 6.07) is 15.1. The highest BCUT2D eigenvalue weighted by molar-refractivity contribution is 7.98. The Morgan fingerprint density at radius 1 is 1.09 bits per heavy atom. The lowest BCUT2D eigenvalue weighted by Gasteiger charge is -2.28. The number of hydrogen-bond acceptors (Lipinski definition) is 6. The number of carboxylic acid groups (broad SMARTS) is 1. The minimum absolute atomic E-state index is 0.103. The molecule has 8 nitrogen and oxygen atoms in total. The lowest BCUT2D eigenvalue weighted by Crippen LogP contribution is -2.60. The Bertz CT molecular complexity index is 1000. The molecule has 0 bridgehead atoms. The Labute approximate surface area is 203 Å². The van der Waals surface area contributed by atoms with Gasteiger partial charge in [-0.3, -0.25) is 4.79 Å². The molecule has 2 aromatic carbocycles. The molecule has 1 aliphatic rings.